The van der Waals surface area contributed by atoms with Crippen molar-refractivity contribution in [1.82, 2.24) is 4.57 Å². The van der Waals surface area contributed by atoms with E-state index in [0.29, 0.717) is 11.4 Å². The highest BCUT2D eigenvalue weighted by Gasteiger charge is 2.22. The normalized spacial score (nSPS) is 10.4. The van der Waals surface area contributed by atoms with Crippen LogP contribution in [0.2, 0.25) is 0 Å². The van der Waals surface area contributed by atoms with Gasteiger partial charge in [-0.1, -0.05) is 36.4 Å². The van der Waals surface area contributed by atoms with E-state index < -0.39 is 5.91 Å². The smallest absolute Gasteiger partial charge is 0.276 e. The number of carbonyl (C=O) groups excluding carboxylic acids is 1. The second-order valence-electron chi connectivity index (χ2n) is 4.73. The third-order valence-electron chi connectivity index (χ3n) is 3.22. The largest absolute Gasteiger partial charge is 0.505 e. The van der Waals surface area contributed by atoms with Crippen LogP contribution in [0, 0.1) is 0 Å². The van der Waals surface area contributed by atoms with Crippen LogP contribution in [0.5, 0.6) is 11.6 Å². The van der Waals surface area contributed by atoms with Crippen molar-refractivity contribution >= 4 is 11.6 Å². The molecule has 1 amide bonds. The maximum Gasteiger partial charge on any atom is 0.276 e. The zero-order chi connectivity index (χ0) is 15.5. The van der Waals surface area contributed by atoms with E-state index in [1.807, 2.05) is 12.1 Å². The van der Waals surface area contributed by atoms with Gasteiger partial charge >= 0.3 is 0 Å². The predicted octanol–water partition coefficient (Wildman–Crippen LogP) is 3.14. The summed E-state index contributed by atoms with van der Waals surface area (Å²) in [5.74, 6) is -0.996. The van der Waals surface area contributed by atoms with Gasteiger partial charge < -0.3 is 15.5 Å². The second-order valence-corrected chi connectivity index (χ2v) is 4.73. The van der Waals surface area contributed by atoms with Gasteiger partial charge in [-0.3, -0.25) is 9.36 Å². The zero-order valence-electron chi connectivity index (χ0n) is 11.6. The summed E-state index contributed by atoms with van der Waals surface area (Å²) in [5, 5.41) is 22.7. The summed E-state index contributed by atoms with van der Waals surface area (Å²) in [5.41, 5.74) is 1.17. The van der Waals surface area contributed by atoms with Gasteiger partial charge in [-0.15, -0.1) is 0 Å². The fourth-order valence-corrected chi connectivity index (χ4v) is 2.25. The number of aromatic nitrogens is 1. The molecule has 0 bridgehead atoms. The lowest BCUT2D eigenvalue weighted by Crippen LogP contribution is -2.16. The Balaban J connectivity index is 2.02. The van der Waals surface area contributed by atoms with Crippen LogP contribution in [0.15, 0.2) is 66.7 Å². The molecule has 0 aliphatic heterocycles. The van der Waals surface area contributed by atoms with Gasteiger partial charge in [0.2, 0.25) is 0 Å². The minimum absolute atomic E-state index is 0.0208. The SMILES string of the molecule is O=C(Nc1ccccc1)c1c(O)cc(O)n1-c1ccccc1. The average Bonchev–Trinajstić information content (AvgIpc) is 2.83. The molecule has 3 rings (SSSR count). The number of carbonyl (C=O) groups is 1. The molecule has 1 heterocycles. The van der Waals surface area contributed by atoms with Crippen molar-refractivity contribution in [3.05, 3.63) is 72.4 Å². The number of benzene rings is 2. The highest BCUT2D eigenvalue weighted by atomic mass is 16.3. The van der Waals surface area contributed by atoms with E-state index in [9.17, 15) is 15.0 Å². The summed E-state index contributed by atoms with van der Waals surface area (Å²) in [7, 11) is 0. The van der Waals surface area contributed by atoms with Gasteiger partial charge in [-0.2, -0.15) is 0 Å². The summed E-state index contributed by atoms with van der Waals surface area (Å²) < 4.78 is 1.30. The van der Waals surface area contributed by atoms with Crippen molar-refractivity contribution in [3.8, 4) is 17.3 Å². The molecule has 3 N–H and O–H groups in total. The molecule has 5 nitrogen and oxygen atoms in total. The molecule has 0 saturated heterocycles. The Hall–Kier alpha value is -3.21. The van der Waals surface area contributed by atoms with Crippen LogP contribution >= 0.6 is 0 Å². The Kier molecular flexibility index (Phi) is 3.53. The Labute approximate surface area is 127 Å². The van der Waals surface area contributed by atoms with Crippen LogP contribution in [0.25, 0.3) is 5.69 Å². The monoisotopic (exact) mass is 294 g/mol. The molecule has 0 saturated carbocycles. The topological polar surface area (TPSA) is 74.5 Å². The summed E-state index contributed by atoms with van der Waals surface area (Å²) in [4.78, 5) is 12.4. The lowest BCUT2D eigenvalue weighted by atomic mass is 10.2. The van der Waals surface area contributed by atoms with Crippen LogP contribution in [0.3, 0.4) is 0 Å². The molecule has 5 heteroatoms. The standard InChI is InChI=1S/C17H14N2O3/c20-14-11-15(21)19(13-9-5-2-6-10-13)16(14)17(22)18-12-7-3-1-4-8-12/h1-11,20-21H,(H,18,22). The Morgan fingerprint density at radius 2 is 1.50 bits per heavy atom. The lowest BCUT2D eigenvalue weighted by Gasteiger charge is -2.11. The van der Waals surface area contributed by atoms with Crippen molar-refractivity contribution in [2.75, 3.05) is 5.32 Å². The van der Waals surface area contributed by atoms with Crippen LogP contribution in [-0.2, 0) is 0 Å². The molecular formula is C17H14N2O3. The first-order chi connectivity index (χ1) is 10.7. The number of anilines is 1. The number of hydrogen-bond acceptors (Lipinski definition) is 3. The van der Waals surface area contributed by atoms with Gasteiger partial charge in [0.1, 0.15) is 0 Å². The molecule has 1 aromatic heterocycles. The summed E-state index contributed by atoms with van der Waals surface area (Å²) in [6.45, 7) is 0. The van der Waals surface area contributed by atoms with Crippen LogP contribution < -0.4 is 5.32 Å². The van der Waals surface area contributed by atoms with Gasteiger partial charge in [-0.25, -0.2) is 0 Å². The van der Waals surface area contributed by atoms with Gasteiger partial charge in [0, 0.05) is 17.4 Å². The van der Waals surface area contributed by atoms with Gasteiger partial charge in [-0.05, 0) is 24.3 Å². The van der Waals surface area contributed by atoms with Gasteiger partial charge in [0.25, 0.3) is 5.91 Å². The first-order valence-corrected chi connectivity index (χ1v) is 6.72. The molecule has 0 spiro atoms. The highest BCUT2D eigenvalue weighted by molar-refractivity contribution is 6.05. The summed E-state index contributed by atoms with van der Waals surface area (Å²) in [6, 6.07) is 18.9. The second kappa shape index (κ2) is 5.65. The number of aromatic hydroxyl groups is 2. The van der Waals surface area contributed by atoms with E-state index >= 15 is 0 Å². The lowest BCUT2D eigenvalue weighted by molar-refractivity contribution is 0.101. The summed E-state index contributed by atoms with van der Waals surface area (Å²) >= 11 is 0. The Bertz CT molecular complexity index is 796. The van der Waals surface area contributed by atoms with Crippen molar-refractivity contribution in [2.45, 2.75) is 0 Å². The minimum Gasteiger partial charge on any atom is -0.505 e. The molecule has 0 fully saturated rings. The number of hydrogen-bond donors (Lipinski definition) is 3. The van der Waals surface area contributed by atoms with E-state index in [1.54, 1.807) is 48.5 Å². The molecule has 0 radical (unpaired) electrons. The van der Waals surface area contributed by atoms with Crippen molar-refractivity contribution in [3.63, 3.8) is 0 Å². The molecule has 0 aliphatic rings. The van der Waals surface area contributed by atoms with E-state index in [-0.39, 0.29) is 17.3 Å². The van der Waals surface area contributed by atoms with E-state index in [0.717, 1.165) is 6.07 Å². The van der Waals surface area contributed by atoms with Crippen molar-refractivity contribution in [2.24, 2.45) is 0 Å². The van der Waals surface area contributed by atoms with E-state index in [1.165, 1.54) is 4.57 Å². The van der Waals surface area contributed by atoms with E-state index in [4.69, 9.17) is 0 Å². The number of para-hydroxylation sites is 2. The quantitative estimate of drug-likeness (QED) is 0.694. The first kappa shape index (κ1) is 13.8. The van der Waals surface area contributed by atoms with Crippen LogP contribution in [0.4, 0.5) is 5.69 Å². The van der Waals surface area contributed by atoms with Crippen molar-refractivity contribution in [1.29, 1.82) is 0 Å². The molecule has 22 heavy (non-hydrogen) atoms. The zero-order valence-corrected chi connectivity index (χ0v) is 11.6. The first-order valence-electron chi connectivity index (χ1n) is 6.72. The van der Waals surface area contributed by atoms with Gasteiger partial charge in [0.15, 0.2) is 17.3 Å². The molecule has 0 aliphatic carbocycles. The third-order valence-corrected chi connectivity index (χ3v) is 3.22. The van der Waals surface area contributed by atoms with E-state index in [2.05, 4.69) is 5.32 Å². The average molecular weight is 294 g/mol. The maximum absolute atomic E-state index is 12.4. The Morgan fingerprint density at radius 3 is 2.14 bits per heavy atom. The number of nitrogens with zero attached hydrogens (tertiary/aromatic N) is 1. The predicted molar refractivity (Wildman–Crippen MR) is 83.5 cm³/mol. The number of rotatable bonds is 3. The molecule has 0 atom stereocenters. The fourth-order valence-electron chi connectivity index (χ4n) is 2.25. The molecule has 3 aromatic rings. The van der Waals surface area contributed by atoms with Crippen molar-refractivity contribution < 1.29 is 15.0 Å². The number of nitrogens with one attached hydrogen (secondary N) is 1. The molecule has 2 aromatic carbocycles. The molecular weight excluding hydrogens is 280 g/mol. The summed E-state index contributed by atoms with van der Waals surface area (Å²) in [6.07, 6.45) is 0. The fraction of sp³-hybridized carbons (Fsp3) is 0. The highest BCUT2D eigenvalue weighted by Crippen LogP contribution is 2.31. The number of amides is 1. The van der Waals surface area contributed by atoms with Crippen LogP contribution in [0.1, 0.15) is 10.5 Å². The maximum atomic E-state index is 12.4. The third kappa shape index (κ3) is 2.52. The molecule has 110 valence electrons. The van der Waals surface area contributed by atoms with Gasteiger partial charge in [0.05, 0.1) is 0 Å². The minimum atomic E-state index is -0.507. The van der Waals surface area contributed by atoms with Crippen LogP contribution in [-0.4, -0.2) is 20.7 Å². The molecule has 0 unspecified atom stereocenters. The Morgan fingerprint density at radius 1 is 0.909 bits per heavy atom.